The second-order valence-corrected chi connectivity index (χ2v) is 8.57. The molecule has 0 aromatic carbocycles. The molecule has 152 valence electrons. The first-order valence-electron chi connectivity index (χ1n) is 8.19. The summed E-state index contributed by atoms with van der Waals surface area (Å²) in [7, 11) is 0. The van der Waals surface area contributed by atoms with Crippen LogP contribution < -0.4 is 5.32 Å². The Kier molecular flexibility index (Phi) is 9.33. The normalized spacial score (nSPS) is 10.6. The van der Waals surface area contributed by atoms with Crippen molar-refractivity contribution in [2.24, 2.45) is 0 Å². The van der Waals surface area contributed by atoms with Gasteiger partial charge in [-0.05, 0) is 32.7 Å². The maximum Gasteiger partial charge on any atom is 0.447 e. The van der Waals surface area contributed by atoms with Gasteiger partial charge in [0.2, 0.25) is 5.13 Å². The number of esters is 1. The van der Waals surface area contributed by atoms with Gasteiger partial charge >= 0.3 is 11.1 Å². The molecule has 0 bridgehead atoms. The summed E-state index contributed by atoms with van der Waals surface area (Å²) in [4.78, 5) is 33.6. The molecule has 28 heavy (non-hydrogen) atoms. The zero-order chi connectivity index (χ0) is 20.4. The third-order valence-electron chi connectivity index (χ3n) is 3.05. The average Bonchev–Trinajstić information content (AvgIpc) is 3.30. The minimum Gasteiger partial charge on any atom is -0.462 e. The number of aromatic nitrogens is 4. The molecule has 0 aliphatic carbocycles. The number of carbonyl (C=O) groups is 2. The van der Waals surface area contributed by atoms with Gasteiger partial charge in [-0.15, -0.1) is 10.2 Å². The number of nitroso groups, excluding NO2 is 1. The number of hydrogen-bond donors (Lipinski definition) is 2. The first kappa shape index (κ1) is 22.3. The van der Waals surface area contributed by atoms with E-state index in [0.29, 0.717) is 22.7 Å². The molecule has 1 amide bonds. The highest BCUT2D eigenvalue weighted by Gasteiger charge is 2.20. The minimum absolute atomic E-state index is 0.0145. The zero-order valence-corrected chi connectivity index (χ0v) is 17.4. The number of aliphatic hydroxyl groups excluding tert-OH is 1. The molecule has 0 aliphatic rings. The van der Waals surface area contributed by atoms with Crippen molar-refractivity contribution in [1.29, 1.82) is 0 Å². The van der Waals surface area contributed by atoms with Gasteiger partial charge in [0.1, 0.15) is 23.2 Å². The Morgan fingerprint density at radius 2 is 1.82 bits per heavy atom. The first-order valence-corrected chi connectivity index (χ1v) is 11.0. The van der Waals surface area contributed by atoms with Crippen molar-refractivity contribution in [3.8, 4) is 0 Å². The van der Waals surface area contributed by atoms with Crippen molar-refractivity contribution in [2.75, 3.05) is 36.6 Å². The van der Waals surface area contributed by atoms with Gasteiger partial charge in [0.25, 0.3) is 5.91 Å². The molecule has 0 aliphatic heterocycles. The van der Waals surface area contributed by atoms with Gasteiger partial charge in [-0.3, -0.25) is 14.9 Å². The van der Waals surface area contributed by atoms with Crippen LogP contribution in [0.15, 0.2) is 0 Å². The minimum atomic E-state index is -0.589. The first-order chi connectivity index (χ1) is 13.5. The topological polar surface area (TPSA) is 147 Å². The standard InChI is InChI=1S/C14H18N6O5S3/c1-9(22)25-5-4-20(24)14-19-17-12(28-14)3-7-26-6-2-11-16-18-13(27-11)15-10(23)8-21/h21H,2-8H2,1H3/p+1. The van der Waals surface area contributed by atoms with E-state index in [1.165, 1.54) is 29.6 Å². The number of nitrogens with zero attached hydrogens (tertiary/aromatic N) is 5. The van der Waals surface area contributed by atoms with E-state index in [9.17, 15) is 14.5 Å². The van der Waals surface area contributed by atoms with Gasteiger partial charge in [-0.25, -0.2) is 0 Å². The van der Waals surface area contributed by atoms with E-state index >= 15 is 0 Å². The van der Waals surface area contributed by atoms with E-state index in [-0.39, 0.29) is 18.3 Å². The van der Waals surface area contributed by atoms with E-state index in [0.717, 1.165) is 21.5 Å². The molecule has 2 rings (SSSR count). The highest BCUT2D eigenvalue weighted by atomic mass is 32.2. The molecule has 0 saturated carbocycles. The van der Waals surface area contributed by atoms with E-state index in [2.05, 4.69) is 25.7 Å². The fraction of sp³-hybridized carbons (Fsp3) is 0.571. The number of anilines is 1. The largest absolute Gasteiger partial charge is 0.462 e. The fourth-order valence-corrected chi connectivity index (χ4v) is 4.46. The molecule has 0 radical (unpaired) electrons. The number of aliphatic hydroxyl groups is 1. The number of carbonyl (C=O) groups excluding carboxylic acids is 2. The zero-order valence-electron chi connectivity index (χ0n) is 15.0. The fourth-order valence-electron chi connectivity index (χ4n) is 1.80. The number of nitrogens with one attached hydrogen (secondary N) is 1. The van der Waals surface area contributed by atoms with E-state index in [1.54, 1.807) is 11.8 Å². The van der Waals surface area contributed by atoms with Crippen molar-refractivity contribution < 1.29 is 24.2 Å². The van der Waals surface area contributed by atoms with Crippen molar-refractivity contribution in [3.05, 3.63) is 14.9 Å². The molecule has 2 N–H and O–H groups in total. The Labute approximate surface area is 172 Å². The molecule has 2 aromatic heterocycles. The number of thioether (sulfide) groups is 1. The molecule has 11 nitrogen and oxygen atoms in total. The van der Waals surface area contributed by atoms with Crippen molar-refractivity contribution >= 4 is 56.6 Å². The Bertz CT molecular complexity index is 811. The summed E-state index contributed by atoms with van der Waals surface area (Å²) < 4.78 is 5.39. The summed E-state index contributed by atoms with van der Waals surface area (Å²) in [6.07, 6.45) is 1.40. The highest BCUT2D eigenvalue weighted by Crippen LogP contribution is 2.21. The average molecular weight is 448 g/mol. The van der Waals surface area contributed by atoms with Crippen molar-refractivity contribution in [1.82, 2.24) is 20.4 Å². The van der Waals surface area contributed by atoms with E-state index in [4.69, 9.17) is 9.84 Å². The van der Waals surface area contributed by atoms with Crippen LogP contribution in [-0.2, 0) is 27.2 Å². The Balaban J connectivity index is 1.63. The predicted molar refractivity (Wildman–Crippen MR) is 105 cm³/mol. The summed E-state index contributed by atoms with van der Waals surface area (Å²) in [6, 6.07) is 0. The molecular weight excluding hydrogens is 428 g/mol. The summed E-state index contributed by atoms with van der Waals surface area (Å²) in [5.41, 5.74) is 0. The van der Waals surface area contributed by atoms with Crippen LogP contribution in [0.25, 0.3) is 0 Å². The van der Waals surface area contributed by atoms with Crippen LogP contribution in [0.1, 0.15) is 16.9 Å². The van der Waals surface area contributed by atoms with Gasteiger partial charge in [0.05, 0.1) is 5.10 Å². The molecule has 2 aromatic rings. The van der Waals surface area contributed by atoms with Crippen molar-refractivity contribution in [3.63, 3.8) is 0 Å². The van der Waals surface area contributed by atoms with Gasteiger partial charge in [0, 0.05) is 19.8 Å². The summed E-state index contributed by atoms with van der Waals surface area (Å²) in [5, 5.41) is 29.0. The molecule has 0 spiro atoms. The maximum atomic E-state index is 11.8. The lowest BCUT2D eigenvalue weighted by molar-refractivity contribution is -0.465. The third kappa shape index (κ3) is 7.92. The number of aryl methyl sites for hydroxylation is 2. The molecule has 2 heterocycles. The van der Waals surface area contributed by atoms with Crippen LogP contribution in [0.5, 0.6) is 0 Å². The maximum absolute atomic E-state index is 11.8. The number of rotatable bonds is 12. The second-order valence-electron chi connectivity index (χ2n) is 5.24. The van der Waals surface area contributed by atoms with Crippen LogP contribution in [0.3, 0.4) is 0 Å². The third-order valence-corrected chi connectivity index (χ3v) is 5.92. The molecule has 0 saturated heterocycles. The molecule has 0 unspecified atom stereocenters. The van der Waals surface area contributed by atoms with Crippen LogP contribution in [0.2, 0.25) is 0 Å². The summed E-state index contributed by atoms with van der Waals surface area (Å²) in [6.45, 7) is 0.732. The Hall–Kier alpha value is -2.03. The molecule has 0 fully saturated rings. The van der Waals surface area contributed by atoms with Crippen molar-refractivity contribution in [2.45, 2.75) is 19.8 Å². The van der Waals surface area contributed by atoms with Gasteiger partial charge in [-0.1, -0.05) is 16.2 Å². The van der Waals surface area contributed by atoms with Crippen LogP contribution in [-0.4, -0.2) is 73.4 Å². The smallest absolute Gasteiger partial charge is 0.447 e. The quantitative estimate of drug-likeness (QED) is 0.272. The SMILES string of the molecule is CC(=O)OCC[N+](=O)c1nnc(CCSCCc2nnc(NC(=O)CO)s2)s1. The predicted octanol–water partition coefficient (Wildman–Crippen LogP) is 0.812. The van der Waals surface area contributed by atoms with Gasteiger partial charge < -0.3 is 9.84 Å². The number of hydrogen-bond acceptors (Lipinski definition) is 12. The molecule has 14 heteroatoms. The number of amides is 1. The molecular formula is C14H19N6O5S3+. The lowest BCUT2D eigenvalue weighted by Gasteiger charge is -1.97. The Morgan fingerprint density at radius 1 is 1.14 bits per heavy atom. The van der Waals surface area contributed by atoms with Crippen LogP contribution >= 0.6 is 34.4 Å². The highest BCUT2D eigenvalue weighted by molar-refractivity contribution is 7.99. The summed E-state index contributed by atoms with van der Waals surface area (Å²) >= 11 is 4.20. The van der Waals surface area contributed by atoms with Crippen LogP contribution in [0.4, 0.5) is 10.3 Å². The second kappa shape index (κ2) is 11.7. The van der Waals surface area contributed by atoms with Crippen LogP contribution in [0, 0.1) is 4.91 Å². The number of ether oxygens (including phenoxy) is 1. The lowest BCUT2D eigenvalue weighted by Crippen LogP contribution is -2.15. The lowest BCUT2D eigenvalue weighted by atomic mass is 10.5. The molecule has 0 atom stereocenters. The summed E-state index contributed by atoms with van der Waals surface area (Å²) in [5.74, 6) is 0.692. The Morgan fingerprint density at radius 3 is 2.50 bits per heavy atom. The monoisotopic (exact) mass is 447 g/mol. The van der Waals surface area contributed by atoms with Gasteiger partial charge in [0.15, 0.2) is 6.54 Å². The van der Waals surface area contributed by atoms with Gasteiger partial charge in [-0.2, -0.15) is 11.8 Å². The van der Waals surface area contributed by atoms with E-state index in [1.807, 2.05) is 0 Å². The van der Waals surface area contributed by atoms with E-state index < -0.39 is 18.5 Å².